The van der Waals surface area contributed by atoms with Gasteiger partial charge in [-0.05, 0) is 60.9 Å². The van der Waals surface area contributed by atoms with Crippen LogP contribution in [0, 0.1) is 19.0 Å². The normalized spacial score (nSPS) is 13.1. The van der Waals surface area contributed by atoms with Crippen LogP contribution in [0.25, 0.3) is 64.7 Å². The van der Waals surface area contributed by atoms with Crippen LogP contribution in [0.1, 0.15) is 23.7 Å². The van der Waals surface area contributed by atoms with Gasteiger partial charge in [0.2, 0.25) is 0 Å². The summed E-state index contributed by atoms with van der Waals surface area (Å²) < 4.78 is 42.0. The molecule has 1 radical (unpaired) electrons. The van der Waals surface area contributed by atoms with Crippen molar-refractivity contribution in [3.8, 4) is 33.6 Å². The standard InChI is InChI=1S/C27H17N2S.C21H22NSi.Ir/c1-2-6-18(7-3-1)14-22-11-13-26-27(29-22)23-15-20(10-12-25(23)30-26)24-16-19-8-4-5-9-21(19)17-28-24;1-16-10-12-18(13-11-16)20-14-19(17-8-6-5-7-9-17)21(15-22-20)23(2,3)4;/h1-9,11-13,15-17H,14H2;5-12,14-15H,1-4H3;/q2*-1;/i14D2;1D3;. The number of aryl methyl sites for hydroxylation is 1. The zero-order chi connectivity index (χ0) is 40.7. The van der Waals surface area contributed by atoms with E-state index < -0.39 is 21.3 Å². The van der Waals surface area contributed by atoms with Crippen LogP contribution >= 0.6 is 11.3 Å². The Kier molecular flexibility index (Phi) is 9.32. The maximum absolute atomic E-state index is 8.69. The molecule has 0 N–H and O–H groups in total. The summed E-state index contributed by atoms with van der Waals surface area (Å²) in [4.78, 5) is 14.1. The molecule has 0 saturated heterocycles. The molecule has 3 nitrogen and oxygen atoms in total. The summed E-state index contributed by atoms with van der Waals surface area (Å²) >= 11 is 1.65. The van der Waals surface area contributed by atoms with Crippen molar-refractivity contribution in [3.63, 3.8) is 0 Å². The number of rotatable bonds is 6. The SMILES string of the molecule is [2H]C([2H])([2H])c1c[c-]c(-c2cc(-c3ccccc3)c([Si](C)(C)C)cn2)cc1.[2H]C([2H])(c1ccccc1)c1ccc2sc3c[c-]c(-c4cc5ccccc5cn4)cc3c2n1.[Ir]. The third kappa shape index (κ3) is 8.18. The average Bonchev–Trinajstić information content (AvgIpc) is 3.61. The summed E-state index contributed by atoms with van der Waals surface area (Å²) in [7, 11) is -1.57. The molecule has 5 aromatic carbocycles. The molecule has 0 bridgehead atoms. The molecule has 4 heterocycles. The first-order valence-corrected chi connectivity index (χ1v) is 21.8. The van der Waals surface area contributed by atoms with Crippen LogP contribution in [0.3, 0.4) is 0 Å². The second-order valence-corrected chi connectivity index (χ2v) is 20.0. The van der Waals surface area contributed by atoms with Crippen molar-refractivity contribution in [1.29, 1.82) is 0 Å². The van der Waals surface area contributed by atoms with Crippen LogP contribution in [-0.4, -0.2) is 23.0 Å². The van der Waals surface area contributed by atoms with Crippen molar-refractivity contribution in [1.82, 2.24) is 15.0 Å². The number of hydrogen-bond acceptors (Lipinski definition) is 4. The van der Waals surface area contributed by atoms with Crippen LogP contribution in [-0.2, 0) is 26.5 Å². The van der Waals surface area contributed by atoms with Crippen molar-refractivity contribution < 1.29 is 27.0 Å². The van der Waals surface area contributed by atoms with E-state index in [2.05, 4.69) is 84.2 Å². The topological polar surface area (TPSA) is 38.7 Å². The maximum Gasteiger partial charge on any atom is 0.0803 e. The molecule has 0 aliphatic heterocycles. The fourth-order valence-electron chi connectivity index (χ4n) is 6.35. The number of pyridine rings is 3. The molecule has 54 heavy (non-hydrogen) atoms. The Labute approximate surface area is 343 Å². The van der Waals surface area contributed by atoms with Gasteiger partial charge in [0.25, 0.3) is 0 Å². The van der Waals surface area contributed by atoms with E-state index in [0.717, 1.165) is 53.6 Å². The van der Waals surface area contributed by atoms with E-state index in [-0.39, 0.29) is 20.1 Å². The number of thiophene rings is 1. The minimum atomic E-state index is -2.11. The van der Waals surface area contributed by atoms with E-state index in [1.807, 2.05) is 73.1 Å². The van der Waals surface area contributed by atoms with Gasteiger partial charge in [-0.25, -0.2) is 0 Å². The molecule has 9 rings (SSSR count). The molecule has 4 aromatic heterocycles. The van der Waals surface area contributed by atoms with Crippen molar-refractivity contribution >= 4 is 55.7 Å². The summed E-state index contributed by atoms with van der Waals surface area (Å²) in [6.45, 7) is 4.83. The predicted molar refractivity (Wildman–Crippen MR) is 228 cm³/mol. The first-order chi connectivity index (χ1) is 27.8. The summed E-state index contributed by atoms with van der Waals surface area (Å²) in [5.41, 5.74) is 7.87. The fourth-order valence-corrected chi connectivity index (χ4v) is 8.83. The molecular weight excluding hydrogens is 871 g/mol. The van der Waals surface area contributed by atoms with E-state index in [1.165, 1.54) is 16.3 Å². The smallest absolute Gasteiger partial charge is 0.0803 e. The Morgan fingerprint density at radius 2 is 1.39 bits per heavy atom. The van der Waals surface area contributed by atoms with Crippen LogP contribution in [0.15, 0.2) is 152 Å². The Morgan fingerprint density at radius 3 is 2.13 bits per heavy atom. The average molecular weight is 915 g/mol. The summed E-state index contributed by atoms with van der Waals surface area (Å²) in [6, 6.07) is 51.1. The summed E-state index contributed by atoms with van der Waals surface area (Å²) in [5, 5.41) is 4.55. The van der Waals surface area contributed by atoms with Crippen molar-refractivity contribution in [2.24, 2.45) is 0 Å². The van der Waals surface area contributed by atoms with Crippen molar-refractivity contribution in [3.05, 3.63) is 181 Å². The molecular formula is C48H39IrN3SSi-2. The largest absolute Gasteiger partial charge is 0.305 e. The zero-order valence-corrected chi connectivity index (χ0v) is 34.2. The van der Waals surface area contributed by atoms with Gasteiger partial charge in [0.1, 0.15) is 0 Å². The van der Waals surface area contributed by atoms with Gasteiger partial charge >= 0.3 is 0 Å². The van der Waals surface area contributed by atoms with Crippen LogP contribution in [0.5, 0.6) is 0 Å². The van der Waals surface area contributed by atoms with E-state index in [9.17, 15) is 0 Å². The Bertz CT molecular complexity index is 2900. The maximum atomic E-state index is 8.69. The minimum absolute atomic E-state index is 0. The minimum Gasteiger partial charge on any atom is -0.305 e. The molecule has 0 fully saturated rings. The molecule has 0 saturated carbocycles. The second kappa shape index (κ2) is 16.1. The molecule has 9 aromatic rings. The van der Waals surface area contributed by atoms with Crippen molar-refractivity contribution in [2.45, 2.75) is 32.9 Å². The zero-order valence-electron chi connectivity index (χ0n) is 35.0. The number of aromatic nitrogens is 3. The van der Waals surface area contributed by atoms with E-state index in [4.69, 9.17) is 11.8 Å². The van der Waals surface area contributed by atoms with Gasteiger partial charge in [0, 0.05) is 56.1 Å². The molecule has 0 aliphatic rings. The molecule has 0 atom stereocenters. The van der Waals surface area contributed by atoms with Gasteiger partial charge < -0.3 is 9.97 Å². The van der Waals surface area contributed by atoms with Gasteiger partial charge in [0.15, 0.2) is 0 Å². The summed E-state index contributed by atoms with van der Waals surface area (Å²) in [5.74, 6) is 0. The fraction of sp³-hybridized carbons (Fsp3) is 0.104. The first kappa shape index (κ1) is 31.3. The van der Waals surface area contributed by atoms with Crippen LogP contribution in [0.2, 0.25) is 19.6 Å². The van der Waals surface area contributed by atoms with Gasteiger partial charge in [-0.1, -0.05) is 129 Å². The van der Waals surface area contributed by atoms with Gasteiger partial charge in [-0.2, -0.15) is 11.3 Å². The third-order valence-electron chi connectivity index (χ3n) is 9.08. The Hall–Kier alpha value is -5.10. The number of hydrogen-bond donors (Lipinski definition) is 0. The van der Waals surface area contributed by atoms with E-state index in [1.54, 1.807) is 47.7 Å². The van der Waals surface area contributed by atoms with E-state index in [0.29, 0.717) is 16.8 Å². The number of nitrogens with zero attached hydrogens (tertiary/aromatic N) is 3. The van der Waals surface area contributed by atoms with Crippen LogP contribution < -0.4 is 5.19 Å². The molecule has 267 valence electrons. The molecule has 6 heteroatoms. The number of benzene rings is 5. The quantitative estimate of drug-likeness (QED) is 0.123. The van der Waals surface area contributed by atoms with Gasteiger partial charge in [0.05, 0.1) is 13.6 Å². The monoisotopic (exact) mass is 915 g/mol. The van der Waals surface area contributed by atoms with Gasteiger partial charge in [-0.3, -0.25) is 4.98 Å². The molecule has 0 amide bonds. The first-order valence-electron chi connectivity index (χ1n) is 20.0. The van der Waals surface area contributed by atoms with Crippen molar-refractivity contribution in [2.75, 3.05) is 0 Å². The molecule has 0 spiro atoms. The Balaban J connectivity index is 0.000000180. The predicted octanol–water partition coefficient (Wildman–Crippen LogP) is 12.1. The van der Waals surface area contributed by atoms with E-state index >= 15 is 0 Å². The summed E-state index contributed by atoms with van der Waals surface area (Å²) in [6.07, 6.45) is 2.20. The molecule has 0 aliphatic carbocycles. The van der Waals surface area contributed by atoms with Gasteiger partial charge in [-0.15, -0.1) is 59.2 Å². The molecule has 0 unspecified atom stereocenters. The second-order valence-electron chi connectivity index (χ2n) is 13.9. The van der Waals surface area contributed by atoms with Crippen LogP contribution in [0.4, 0.5) is 0 Å². The number of fused-ring (bicyclic) bond motifs is 4. The Morgan fingerprint density at radius 1 is 0.685 bits per heavy atom. The third-order valence-corrected chi connectivity index (χ3v) is 12.2.